The molecule has 2 aromatic heterocycles. The minimum atomic E-state index is -4.43. The molecule has 134 valence electrons. The Balaban J connectivity index is 1.78. The van der Waals surface area contributed by atoms with E-state index >= 15 is 0 Å². The van der Waals surface area contributed by atoms with Crippen LogP contribution in [0.4, 0.5) is 24.0 Å². The summed E-state index contributed by atoms with van der Waals surface area (Å²) >= 11 is 1.34. The van der Waals surface area contributed by atoms with Gasteiger partial charge in [-0.3, -0.25) is 0 Å². The smallest absolute Gasteiger partial charge is 0.416 e. The van der Waals surface area contributed by atoms with Crippen LogP contribution < -0.4 is 10.1 Å². The van der Waals surface area contributed by atoms with Gasteiger partial charge in [-0.1, -0.05) is 11.3 Å². The number of fused-ring (bicyclic) bond motifs is 3. The third kappa shape index (κ3) is 2.74. The van der Waals surface area contributed by atoms with E-state index in [4.69, 9.17) is 4.74 Å². The third-order valence-corrected chi connectivity index (χ3v) is 4.96. The molecule has 0 aliphatic heterocycles. The Morgan fingerprint density at radius 3 is 2.69 bits per heavy atom. The first-order valence-electron chi connectivity index (χ1n) is 7.59. The van der Waals surface area contributed by atoms with Crippen molar-refractivity contribution < 1.29 is 17.9 Å². The Morgan fingerprint density at radius 1 is 1.15 bits per heavy atom. The standard InChI is InChI=1S/C17H13F3N4OS/c1-24-8-21-14-11(24)4-6-13-15(14)23-16(26-13)22-10-7-9(17(18,19)20)3-5-12(10)25-2/h3-8H,1-2H3,(H,22,23). The fourth-order valence-electron chi connectivity index (χ4n) is 2.74. The summed E-state index contributed by atoms with van der Waals surface area (Å²) in [6, 6.07) is 7.15. The normalized spacial score (nSPS) is 12.0. The summed E-state index contributed by atoms with van der Waals surface area (Å²) in [7, 11) is 3.30. The minimum absolute atomic E-state index is 0.207. The predicted octanol–water partition coefficient (Wildman–Crippen LogP) is 4.95. The maximum absolute atomic E-state index is 13.0. The number of halogens is 3. The molecular weight excluding hydrogens is 365 g/mol. The van der Waals surface area contributed by atoms with Gasteiger partial charge in [0, 0.05) is 7.05 Å². The summed E-state index contributed by atoms with van der Waals surface area (Å²) in [5.41, 5.74) is 1.85. The maximum atomic E-state index is 13.0. The number of alkyl halides is 3. The number of ether oxygens (including phenoxy) is 1. The molecule has 0 spiro atoms. The van der Waals surface area contributed by atoms with Crippen LogP contribution in [0, 0.1) is 0 Å². The van der Waals surface area contributed by atoms with Crippen molar-refractivity contribution in [3.05, 3.63) is 42.2 Å². The lowest BCUT2D eigenvalue weighted by Crippen LogP contribution is -2.06. The highest BCUT2D eigenvalue weighted by molar-refractivity contribution is 7.22. The van der Waals surface area contributed by atoms with E-state index in [1.165, 1.54) is 24.5 Å². The first kappa shape index (κ1) is 16.6. The first-order chi connectivity index (χ1) is 12.4. The molecule has 0 aliphatic rings. The molecule has 0 aliphatic carbocycles. The molecule has 4 aromatic rings. The molecule has 0 bridgehead atoms. The topological polar surface area (TPSA) is 52.0 Å². The maximum Gasteiger partial charge on any atom is 0.416 e. The van der Waals surface area contributed by atoms with Gasteiger partial charge in [-0.15, -0.1) is 0 Å². The molecule has 0 saturated carbocycles. The van der Waals surface area contributed by atoms with Gasteiger partial charge in [0.2, 0.25) is 0 Å². The molecule has 2 heterocycles. The Kier molecular flexibility index (Phi) is 3.76. The van der Waals surface area contributed by atoms with Crippen LogP contribution >= 0.6 is 11.3 Å². The van der Waals surface area contributed by atoms with E-state index in [-0.39, 0.29) is 5.69 Å². The zero-order chi connectivity index (χ0) is 18.5. The Bertz CT molecular complexity index is 1120. The van der Waals surface area contributed by atoms with Crippen LogP contribution in [0.15, 0.2) is 36.7 Å². The fraction of sp³-hybridized carbons (Fsp3) is 0.176. The number of aryl methyl sites for hydroxylation is 1. The zero-order valence-electron chi connectivity index (χ0n) is 13.8. The van der Waals surface area contributed by atoms with E-state index in [1.807, 2.05) is 23.7 Å². The van der Waals surface area contributed by atoms with Crippen molar-refractivity contribution in [3.63, 3.8) is 0 Å². The number of benzene rings is 2. The number of imidazole rings is 1. The second-order valence-corrected chi connectivity index (χ2v) is 6.72. The van der Waals surface area contributed by atoms with Crippen molar-refractivity contribution in [1.29, 1.82) is 0 Å². The molecule has 2 aromatic carbocycles. The lowest BCUT2D eigenvalue weighted by Gasteiger charge is -2.13. The molecule has 0 fully saturated rings. The van der Waals surface area contributed by atoms with Gasteiger partial charge in [0.1, 0.15) is 16.8 Å². The largest absolute Gasteiger partial charge is 0.495 e. The Labute approximate surface area is 150 Å². The Hall–Kier alpha value is -2.81. The van der Waals surface area contributed by atoms with E-state index in [1.54, 1.807) is 6.33 Å². The average molecular weight is 378 g/mol. The van der Waals surface area contributed by atoms with Gasteiger partial charge in [-0.25, -0.2) is 9.97 Å². The number of hydrogen-bond acceptors (Lipinski definition) is 5. The van der Waals surface area contributed by atoms with Crippen LogP contribution in [0.5, 0.6) is 5.75 Å². The molecule has 26 heavy (non-hydrogen) atoms. The van der Waals surface area contributed by atoms with Crippen LogP contribution in [0.1, 0.15) is 5.56 Å². The van der Waals surface area contributed by atoms with Crippen LogP contribution in [0.25, 0.3) is 21.3 Å². The van der Waals surface area contributed by atoms with Gasteiger partial charge in [0.25, 0.3) is 0 Å². The molecule has 0 saturated heterocycles. The van der Waals surface area contributed by atoms with Crippen molar-refractivity contribution in [1.82, 2.24) is 14.5 Å². The van der Waals surface area contributed by atoms with Crippen molar-refractivity contribution in [2.45, 2.75) is 6.18 Å². The molecule has 4 rings (SSSR count). The monoisotopic (exact) mass is 378 g/mol. The second kappa shape index (κ2) is 5.87. The summed E-state index contributed by atoms with van der Waals surface area (Å²) in [5.74, 6) is 0.306. The number of thiazole rings is 1. The van der Waals surface area contributed by atoms with E-state index in [2.05, 4.69) is 15.3 Å². The number of methoxy groups -OCH3 is 1. The minimum Gasteiger partial charge on any atom is -0.495 e. The van der Waals surface area contributed by atoms with Gasteiger partial charge in [-0.2, -0.15) is 13.2 Å². The number of aromatic nitrogens is 3. The molecule has 1 N–H and O–H groups in total. The van der Waals surface area contributed by atoms with Gasteiger partial charge in [-0.05, 0) is 30.3 Å². The van der Waals surface area contributed by atoms with Crippen LogP contribution in [-0.4, -0.2) is 21.6 Å². The molecule has 0 radical (unpaired) electrons. The number of hydrogen-bond donors (Lipinski definition) is 1. The van der Waals surface area contributed by atoms with Gasteiger partial charge in [0.05, 0.1) is 34.9 Å². The number of anilines is 2. The third-order valence-electron chi connectivity index (χ3n) is 4.02. The Morgan fingerprint density at radius 2 is 1.96 bits per heavy atom. The van der Waals surface area contributed by atoms with E-state index in [0.717, 1.165) is 27.9 Å². The SMILES string of the molecule is COc1ccc(C(F)(F)F)cc1Nc1nc2c(ccc3c2ncn3C)s1. The molecule has 0 unspecified atom stereocenters. The van der Waals surface area contributed by atoms with Gasteiger partial charge >= 0.3 is 6.18 Å². The molecule has 5 nitrogen and oxygen atoms in total. The van der Waals surface area contributed by atoms with Crippen molar-refractivity contribution in [2.24, 2.45) is 7.05 Å². The van der Waals surface area contributed by atoms with E-state index in [0.29, 0.717) is 16.4 Å². The summed E-state index contributed by atoms with van der Waals surface area (Å²) in [5, 5.41) is 3.41. The van der Waals surface area contributed by atoms with Crippen LogP contribution in [0.2, 0.25) is 0 Å². The lowest BCUT2D eigenvalue weighted by molar-refractivity contribution is -0.137. The van der Waals surface area contributed by atoms with Crippen LogP contribution in [0.3, 0.4) is 0 Å². The van der Waals surface area contributed by atoms with Gasteiger partial charge in [0.15, 0.2) is 5.13 Å². The highest BCUT2D eigenvalue weighted by Gasteiger charge is 2.31. The highest BCUT2D eigenvalue weighted by atomic mass is 32.1. The fourth-order valence-corrected chi connectivity index (χ4v) is 3.62. The second-order valence-electron chi connectivity index (χ2n) is 5.69. The summed E-state index contributed by atoms with van der Waals surface area (Å²) in [6.07, 6.45) is -2.73. The number of nitrogens with zero attached hydrogens (tertiary/aromatic N) is 3. The summed E-state index contributed by atoms with van der Waals surface area (Å²) < 4.78 is 46.9. The summed E-state index contributed by atoms with van der Waals surface area (Å²) in [4.78, 5) is 8.86. The number of nitrogens with one attached hydrogen (secondary N) is 1. The zero-order valence-corrected chi connectivity index (χ0v) is 14.6. The quantitative estimate of drug-likeness (QED) is 0.548. The molecule has 9 heteroatoms. The highest BCUT2D eigenvalue weighted by Crippen LogP contribution is 2.38. The van der Waals surface area contributed by atoms with Crippen molar-refractivity contribution in [3.8, 4) is 5.75 Å². The van der Waals surface area contributed by atoms with Crippen LogP contribution in [-0.2, 0) is 13.2 Å². The molecular formula is C17H13F3N4OS. The first-order valence-corrected chi connectivity index (χ1v) is 8.41. The molecule has 0 atom stereocenters. The van der Waals surface area contributed by atoms with Gasteiger partial charge < -0.3 is 14.6 Å². The van der Waals surface area contributed by atoms with Crippen molar-refractivity contribution in [2.75, 3.05) is 12.4 Å². The van der Waals surface area contributed by atoms with E-state index < -0.39 is 11.7 Å². The average Bonchev–Trinajstić information content (AvgIpc) is 3.17. The van der Waals surface area contributed by atoms with Crippen molar-refractivity contribution >= 4 is 43.4 Å². The predicted molar refractivity (Wildman–Crippen MR) is 95.2 cm³/mol. The summed E-state index contributed by atoms with van der Waals surface area (Å²) in [6.45, 7) is 0. The molecule has 0 amide bonds. The lowest BCUT2D eigenvalue weighted by atomic mass is 10.2. The van der Waals surface area contributed by atoms with E-state index in [9.17, 15) is 13.2 Å². The number of rotatable bonds is 3.